The molecule has 1 N–H and O–H groups in total. The van der Waals surface area contributed by atoms with E-state index in [-0.39, 0.29) is 12.0 Å². The van der Waals surface area contributed by atoms with Gasteiger partial charge in [-0.05, 0) is 17.9 Å². The van der Waals surface area contributed by atoms with E-state index in [1.807, 2.05) is 44.2 Å². The van der Waals surface area contributed by atoms with Gasteiger partial charge in [0.1, 0.15) is 11.8 Å². The molecule has 0 unspecified atom stereocenters. The second kappa shape index (κ2) is 6.89. The number of oxime groups is 1. The second-order valence-electron chi connectivity index (χ2n) is 5.53. The van der Waals surface area contributed by atoms with E-state index in [1.165, 1.54) is 0 Å². The van der Waals surface area contributed by atoms with Gasteiger partial charge in [-0.2, -0.15) is 5.26 Å². The molecule has 0 bridgehead atoms. The summed E-state index contributed by atoms with van der Waals surface area (Å²) >= 11 is 0. The third-order valence-electron chi connectivity index (χ3n) is 3.27. The molecule has 0 spiro atoms. The molecule has 1 aliphatic rings. The molecule has 1 amide bonds. The Morgan fingerprint density at radius 1 is 1.48 bits per heavy atom. The van der Waals surface area contributed by atoms with E-state index >= 15 is 0 Å². The normalized spacial score (nSPS) is 18.6. The van der Waals surface area contributed by atoms with Gasteiger partial charge in [-0.1, -0.05) is 49.3 Å². The van der Waals surface area contributed by atoms with Crippen LogP contribution >= 0.6 is 0 Å². The quantitative estimate of drug-likeness (QED) is 0.903. The molecule has 0 aliphatic carbocycles. The second-order valence-corrected chi connectivity index (χ2v) is 5.53. The molecule has 2 rings (SSSR count). The molecule has 5 heteroatoms. The van der Waals surface area contributed by atoms with E-state index in [1.54, 1.807) is 0 Å². The van der Waals surface area contributed by atoms with Gasteiger partial charge in [0.15, 0.2) is 6.10 Å². The van der Waals surface area contributed by atoms with Crippen LogP contribution in [0.3, 0.4) is 0 Å². The summed E-state index contributed by atoms with van der Waals surface area (Å²) in [6.07, 6.45) is 0.825. The van der Waals surface area contributed by atoms with E-state index in [4.69, 9.17) is 10.1 Å². The van der Waals surface area contributed by atoms with Crippen LogP contribution in [0.2, 0.25) is 0 Å². The van der Waals surface area contributed by atoms with Crippen LogP contribution in [0.25, 0.3) is 0 Å². The lowest BCUT2D eigenvalue weighted by Gasteiger charge is -2.13. The summed E-state index contributed by atoms with van der Waals surface area (Å²) in [5.74, 6) is 0.0226. The van der Waals surface area contributed by atoms with Gasteiger partial charge in [0.2, 0.25) is 0 Å². The smallest absolute Gasteiger partial charge is 0.270 e. The monoisotopic (exact) mass is 285 g/mol. The van der Waals surface area contributed by atoms with Gasteiger partial charge < -0.3 is 10.2 Å². The number of rotatable bonds is 5. The lowest BCUT2D eigenvalue weighted by Crippen LogP contribution is -2.38. The number of nitrogens with zero attached hydrogens (tertiary/aromatic N) is 2. The Balaban J connectivity index is 1.92. The van der Waals surface area contributed by atoms with Crippen molar-refractivity contribution in [3.8, 4) is 6.07 Å². The minimum absolute atomic E-state index is 0.224. The van der Waals surface area contributed by atoms with Gasteiger partial charge >= 0.3 is 0 Å². The summed E-state index contributed by atoms with van der Waals surface area (Å²) in [6, 6.07) is 11.3. The zero-order valence-electron chi connectivity index (χ0n) is 12.2. The fraction of sp³-hybridized carbons (Fsp3) is 0.438. The van der Waals surface area contributed by atoms with Crippen LogP contribution < -0.4 is 5.32 Å². The standard InChI is InChI=1S/C16H19N3O2/c1-11(2)8-13(10-17)18-16(20)14-9-15(21-19-14)12-6-4-3-5-7-12/h3-7,11,13,15H,8-9H2,1-2H3,(H,18,20)/t13-,15-/m1/s1. The first-order valence-corrected chi connectivity index (χ1v) is 7.08. The maximum Gasteiger partial charge on any atom is 0.270 e. The zero-order chi connectivity index (χ0) is 15.2. The first-order chi connectivity index (χ1) is 10.1. The zero-order valence-corrected chi connectivity index (χ0v) is 12.2. The van der Waals surface area contributed by atoms with Crippen LogP contribution in [0.4, 0.5) is 0 Å². The third kappa shape index (κ3) is 4.06. The molecule has 2 atom stereocenters. The summed E-state index contributed by atoms with van der Waals surface area (Å²) in [5.41, 5.74) is 1.33. The van der Waals surface area contributed by atoms with Crippen LogP contribution in [0.15, 0.2) is 35.5 Å². The molecular weight excluding hydrogens is 266 g/mol. The topological polar surface area (TPSA) is 74.5 Å². The molecular formula is C16H19N3O2. The van der Waals surface area contributed by atoms with Gasteiger partial charge in [0.25, 0.3) is 5.91 Å². The van der Waals surface area contributed by atoms with Crippen LogP contribution in [-0.4, -0.2) is 17.7 Å². The van der Waals surface area contributed by atoms with Crippen molar-refractivity contribution in [2.24, 2.45) is 11.1 Å². The Labute approximate surface area is 124 Å². The van der Waals surface area contributed by atoms with Gasteiger partial charge in [0.05, 0.1) is 6.07 Å². The maximum absolute atomic E-state index is 12.1. The summed E-state index contributed by atoms with van der Waals surface area (Å²) < 4.78 is 0. The van der Waals surface area contributed by atoms with Crippen LogP contribution in [-0.2, 0) is 9.63 Å². The van der Waals surface area contributed by atoms with E-state index in [0.717, 1.165) is 5.56 Å². The van der Waals surface area contributed by atoms with Crippen LogP contribution in [0.1, 0.15) is 38.4 Å². The number of carbonyl (C=O) groups is 1. The number of hydrogen-bond acceptors (Lipinski definition) is 4. The van der Waals surface area contributed by atoms with Crippen LogP contribution in [0, 0.1) is 17.2 Å². The highest BCUT2D eigenvalue weighted by atomic mass is 16.6. The van der Waals surface area contributed by atoms with Crippen molar-refractivity contribution in [2.75, 3.05) is 0 Å². The predicted octanol–water partition coefficient (Wildman–Crippen LogP) is 2.56. The van der Waals surface area contributed by atoms with Crippen molar-refractivity contribution in [1.82, 2.24) is 5.32 Å². The molecule has 0 aromatic heterocycles. The Morgan fingerprint density at radius 3 is 2.81 bits per heavy atom. The highest BCUT2D eigenvalue weighted by Gasteiger charge is 2.28. The Bertz CT molecular complexity index is 561. The molecule has 0 saturated heterocycles. The summed E-state index contributed by atoms with van der Waals surface area (Å²) in [6.45, 7) is 4.02. The Morgan fingerprint density at radius 2 is 2.19 bits per heavy atom. The van der Waals surface area contributed by atoms with Crippen molar-refractivity contribution >= 4 is 11.6 Å². The molecule has 5 nitrogen and oxygen atoms in total. The van der Waals surface area contributed by atoms with Crippen molar-refractivity contribution in [2.45, 2.75) is 38.8 Å². The van der Waals surface area contributed by atoms with E-state index < -0.39 is 6.04 Å². The van der Waals surface area contributed by atoms with Gasteiger partial charge in [-0.25, -0.2) is 0 Å². The maximum atomic E-state index is 12.1. The number of benzene rings is 1. The van der Waals surface area contributed by atoms with Crippen molar-refractivity contribution in [3.63, 3.8) is 0 Å². The summed E-state index contributed by atoms with van der Waals surface area (Å²) in [4.78, 5) is 17.4. The van der Waals surface area contributed by atoms with Crippen molar-refractivity contribution in [1.29, 1.82) is 5.26 Å². The number of hydrogen-bond donors (Lipinski definition) is 1. The van der Waals surface area contributed by atoms with Crippen molar-refractivity contribution < 1.29 is 9.63 Å². The summed E-state index contributed by atoms with van der Waals surface area (Å²) in [5, 5.41) is 15.6. The molecule has 21 heavy (non-hydrogen) atoms. The number of carbonyl (C=O) groups excluding carboxylic acids is 1. The molecule has 0 radical (unpaired) electrons. The predicted molar refractivity (Wildman–Crippen MR) is 79.3 cm³/mol. The Hall–Kier alpha value is -2.35. The number of nitriles is 1. The van der Waals surface area contributed by atoms with Gasteiger partial charge in [-0.3, -0.25) is 4.79 Å². The molecule has 1 aromatic carbocycles. The van der Waals surface area contributed by atoms with E-state index in [9.17, 15) is 4.79 Å². The minimum Gasteiger partial charge on any atom is -0.387 e. The molecule has 0 fully saturated rings. The average molecular weight is 285 g/mol. The molecule has 0 saturated carbocycles. The Kier molecular flexibility index (Phi) is 4.94. The van der Waals surface area contributed by atoms with E-state index in [0.29, 0.717) is 24.5 Å². The lowest BCUT2D eigenvalue weighted by molar-refractivity contribution is -0.115. The van der Waals surface area contributed by atoms with E-state index in [2.05, 4.69) is 16.5 Å². The SMILES string of the molecule is CC(C)C[C@H](C#N)NC(=O)C1=NO[C@@H](c2ccccc2)C1. The highest BCUT2D eigenvalue weighted by molar-refractivity contribution is 6.39. The molecule has 110 valence electrons. The minimum atomic E-state index is -0.490. The number of amides is 1. The molecule has 1 heterocycles. The van der Waals surface area contributed by atoms with Gasteiger partial charge in [0, 0.05) is 6.42 Å². The molecule has 1 aliphatic heterocycles. The van der Waals surface area contributed by atoms with Crippen molar-refractivity contribution in [3.05, 3.63) is 35.9 Å². The van der Waals surface area contributed by atoms with Crippen LogP contribution in [0.5, 0.6) is 0 Å². The first kappa shape index (κ1) is 15.0. The first-order valence-electron chi connectivity index (χ1n) is 7.08. The highest BCUT2D eigenvalue weighted by Crippen LogP contribution is 2.26. The third-order valence-corrected chi connectivity index (χ3v) is 3.27. The number of nitrogens with one attached hydrogen (secondary N) is 1. The largest absolute Gasteiger partial charge is 0.387 e. The fourth-order valence-corrected chi connectivity index (χ4v) is 2.21. The molecule has 1 aromatic rings. The lowest BCUT2D eigenvalue weighted by atomic mass is 10.0. The average Bonchev–Trinajstić information content (AvgIpc) is 2.97. The summed E-state index contributed by atoms with van der Waals surface area (Å²) in [7, 11) is 0. The fourth-order valence-electron chi connectivity index (χ4n) is 2.21. The van der Waals surface area contributed by atoms with Gasteiger partial charge in [-0.15, -0.1) is 0 Å².